The first-order chi connectivity index (χ1) is 11.2. The molecule has 0 unspecified atom stereocenters. The minimum Gasteiger partial charge on any atom is -0.354 e. The summed E-state index contributed by atoms with van der Waals surface area (Å²) in [7, 11) is 0. The normalized spacial score (nSPS) is 10.3. The van der Waals surface area contributed by atoms with Crippen LogP contribution in [0.5, 0.6) is 0 Å². The molecule has 2 heterocycles. The summed E-state index contributed by atoms with van der Waals surface area (Å²) >= 11 is 7.42. The third-order valence-electron chi connectivity index (χ3n) is 3.08. The van der Waals surface area contributed by atoms with Crippen LogP contribution in [-0.4, -0.2) is 10.9 Å². The summed E-state index contributed by atoms with van der Waals surface area (Å²) in [5.41, 5.74) is 1.76. The number of rotatable bonds is 5. The lowest BCUT2D eigenvalue weighted by Crippen LogP contribution is -2.14. The first-order valence-electron chi connectivity index (χ1n) is 7.00. The number of nitrogens with one attached hydrogen (secondary N) is 2. The Morgan fingerprint density at radius 1 is 1.09 bits per heavy atom. The van der Waals surface area contributed by atoms with Crippen LogP contribution in [0.15, 0.2) is 60.1 Å². The fourth-order valence-corrected chi connectivity index (χ4v) is 2.83. The van der Waals surface area contributed by atoms with Crippen LogP contribution in [0.25, 0.3) is 0 Å². The van der Waals surface area contributed by atoms with E-state index < -0.39 is 0 Å². The maximum absolute atomic E-state index is 11.9. The summed E-state index contributed by atoms with van der Waals surface area (Å²) in [4.78, 5) is 17.2. The molecule has 2 N–H and O–H groups in total. The van der Waals surface area contributed by atoms with Gasteiger partial charge in [-0.2, -0.15) is 0 Å². The SMILES string of the molecule is O=C(Cc1cccs1)Nc1ccc(Nc2ccc(Cl)cc2)cn1. The molecule has 0 aliphatic carbocycles. The molecule has 0 bridgehead atoms. The van der Waals surface area contributed by atoms with Crippen LogP contribution >= 0.6 is 22.9 Å². The number of carbonyl (C=O) groups is 1. The van der Waals surface area contributed by atoms with Gasteiger partial charge in [0.1, 0.15) is 5.82 Å². The van der Waals surface area contributed by atoms with E-state index in [-0.39, 0.29) is 5.91 Å². The zero-order chi connectivity index (χ0) is 16.1. The molecule has 0 radical (unpaired) electrons. The standard InChI is InChI=1S/C17H14ClN3OS/c18-12-3-5-13(6-4-12)20-14-7-8-16(19-11-14)21-17(22)10-15-2-1-9-23-15/h1-9,11,20H,10H2,(H,19,21,22). The second-order valence-electron chi connectivity index (χ2n) is 4.87. The van der Waals surface area contributed by atoms with Crippen molar-refractivity contribution in [3.05, 3.63) is 70.0 Å². The van der Waals surface area contributed by atoms with E-state index in [1.165, 1.54) is 0 Å². The van der Waals surface area contributed by atoms with E-state index in [1.807, 2.05) is 47.8 Å². The molecule has 4 nitrogen and oxygen atoms in total. The van der Waals surface area contributed by atoms with Crippen LogP contribution in [0.1, 0.15) is 4.88 Å². The van der Waals surface area contributed by atoms with Gasteiger partial charge in [-0.05, 0) is 47.8 Å². The molecule has 0 aliphatic rings. The van der Waals surface area contributed by atoms with Crippen LogP contribution in [0.3, 0.4) is 0 Å². The molecule has 116 valence electrons. The average Bonchev–Trinajstić information content (AvgIpc) is 3.04. The maximum atomic E-state index is 11.9. The molecule has 1 aromatic carbocycles. The van der Waals surface area contributed by atoms with Gasteiger partial charge in [0.15, 0.2) is 0 Å². The number of anilines is 3. The van der Waals surface area contributed by atoms with Crippen molar-refractivity contribution in [1.82, 2.24) is 4.98 Å². The van der Waals surface area contributed by atoms with Gasteiger partial charge in [0.05, 0.1) is 18.3 Å². The summed E-state index contributed by atoms with van der Waals surface area (Å²) in [6, 6.07) is 14.9. The Morgan fingerprint density at radius 3 is 2.52 bits per heavy atom. The van der Waals surface area contributed by atoms with Crippen LogP contribution in [0, 0.1) is 0 Å². The number of nitrogens with zero attached hydrogens (tertiary/aromatic N) is 1. The van der Waals surface area contributed by atoms with E-state index in [0.29, 0.717) is 17.3 Å². The highest BCUT2D eigenvalue weighted by molar-refractivity contribution is 7.10. The summed E-state index contributed by atoms with van der Waals surface area (Å²) in [5.74, 6) is 0.464. The van der Waals surface area contributed by atoms with E-state index in [1.54, 1.807) is 23.6 Å². The number of hydrogen-bond acceptors (Lipinski definition) is 4. The van der Waals surface area contributed by atoms with Gasteiger partial charge >= 0.3 is 0 Å². The summed E-state index contributed by atoms with van der Waals surface area (Å²) in [6.07, 6.45) is 2.04. The molecule has 1 amide bonds. The van der Waals surface area contributed by atoms with Crippen LogP contribution in [0.4, 0.5) is 17.2 Å². The number of carbonyl (C=O) groups excluding carboxylic acids is 1. The highest BCUT2D eigenvalue weighted by Gasteiger charge is 2.05. The number of pyridine rings is 1. The van der Waals surface area contributed by atoms with Crippen molar-refractivity contribution in [3.8, 4) is 0 Å². The van der Waals surface area contributed by atoms with Crippen molar-refractivity contribution in [2.75, 3.05) is 10.6 Å². The van der Waals surface area contributed by atoms with E-state index in [2.05, 4.69) is 15.6 Å². The Hall–Kier alpha value is -2.37. The van der Waals surface area contributed by atoms with E-state index in [9.17, 15) is 4.79 Å². The van der Waals surface area contributed by atoms with Gasteiger partial charge < -0.3 is 10.6 Å². The van der Waals surface area contributed by atoms with Gasteiger partial charge in [-0.25, -0.2) is 4.98 Å². The third kappa shape index (κ3) is 4.55. The van der Waals surface area contributed by atoms with Gasteiger partial charge in [-0.15, -0.1) is 11.3 Å². The van der Waals surface area contributed by atoms with E-state index in [0.717, 1.165) is 16.3 Å². The fraction of sp³-hybridized carbons (Fsp3) is 0.0588. The third-order valence-corrected chi connectivity index (χ3v) is 4.21. The van der Waals surface area contributed by atoms with Crippen molar-refractivity contribution in [2.45, 2.75) is 6.42 Å². The molecule has 6 heteroatoms. The lowest BCUT2D eigenvalue weighted by molar-refractivity contribution is -0.115. The first kappa shape index (κ1) is 15.5. The van der Waals surface area contributed by atoms with Crippen molar-refractivity contribution in [3.63, 3.8) is 0 Å². The van der Waals surface area contributed by atoms with Crippen molar-refractivity contribution < 1.29 is 4.79 Å². The van der Waals surface area contributed by atoms with Gasteiger partial charge in [0, 0.05) is 15.6 Å². The molecule has 23 heavy (non-hydrogen) atoms. The van der Waals surface area contributed by atoms with Crippen LogP contribution in [-0.2, 0) is 11.2 Å². The number of halogens is 1. The highest BCUT2D eigenvalue weighted by atomic mass is 35.5. The van der Waals surface area contributed by atoms with Crippen LogP contribution < -0.4 is 10.6 Å². The molecule has 0 saturated carbocycles. The Bertz CT molecular complexity index is 771. The zero-order valence-corrected chi connectivity index (χ0v) is 13.7. The molecular formula is C17H14ClN3OS. The topological polar surface area (TPSA) is 54.0 Å². The molecule has 0 saturated heterocycles. The maximum Gasteiger partial charge on any atom is 0.230 e. The fourth-order valence-electron chi connectivity index (χ4n) is 2.00. The second-order valence-corrected chi connectivity index (χ2v) is 6.34. The summed E-state index contributed by atoms with van der Waals surface area (Å²) in [5, 5.41) is 8.65. The molecule has 2 aromatic heterocycles. The Morgan fingerprint density at radius 2 is 1.87 bits per heavy atom. The summed E-state index contributed by atoms with van der Waals surface area (Å²) in [6.45, 7) is 0. The number of thiophene rings is 1. The van der Waals surface area contributed by atoms with Gasteiger partial charge in [0.25, 0.3) is 0 Å². The monoisotopic (exact) mass is 343 g/mol. The molecule has 3 aromatic rings. The predicted molar refractivity (Wildman–Crippen MR) is 95.6 cm³/mol. The quantitative estimate of drug-likeness (QED) is 0.704. The molecule has 0 spiro atoms. The van der Waals surface area contributed by atoms with Gasteiger partial charge in [-0.1, -0.05) is 17.7 Å². The Labute approximate surface area is 143 Å². The Balaban J connectivity index is 1.58. The molecule has 0 atom stereocenters. The number of amides is 1. The number of hydrogen-bond donors (Lipinski definition) is 2. The van der Waals surface area contributed by atoms with E-state index >= 15 is 0 Å². The molecule has 0 fully saturated rings. The highest BCUT2D eigenvalue weighted by Crippen LogP contribution is 2.19. The van der Waals surface area contributed by atoms with Crippen LogP contribution in [0.2, 0.25) is 5.02 Å². The first-order valence-corrected chi connectivity index (χ1v) is 8.26. The van der Waals surface area contributed by atoms with Crippen molar-refractivity contribution in [1.29, 1.82) is 0 Å². The summed E-state index contributed by atoms with van der Waals surface area (Å²) < 4.78 is 0. The van der Waals surface area contributed by atoms with Gasteiger partial charge in [-0.3, -0.25) is 4.79 Å². The Kier molecular flexibility index (Phi) is 4.90. The van der Waals surface area contributed by atoms with Gasteiger partial charge in [0.2, 0.25) is 5.91 Å². The largest absolute Gasteiger partial charge is 0.354 e. The minimum atomic E-state index is -0.0710. The van der Waals surface area contributed by atoms with E-state index in [4.69, 9.17) is 11.6 Å². The zero-order valence-electron chi connectivity index (χ0n) is 12.1. The lowest BCUT2D eigenvalue weighted by atomic mass is 10.3. The minimum absolute atomic E-state index is 0.0710. The van der Waals surface area contributed by atoms with Crippen molar-refractivity contribution in [2.24, 2.45) is 0 Å². The van der Waals surface area contributed by atoms with Crippen molar-refractivity contribution >= 4 is 46.0 Å². The predicted octanol–water partition coefficient (Wildman–Crippen LogP) is 4.72. The second kappa shape index (κ2) is 7.26. The molecule has 3 rings (SSSR count). The average molecular weight is 344 g/mol. The molecule has 0 aliphatic heterocycles. The number of benzene rings is 1. The smallest absolute Gasteiger partial charge is 0.230 e. The molecular weight excluding hydrogens is 330 g/mol. The lowest BCUT2D eigenvalue weighted by Gasteiger charge is -2.08. The number of aromatic nitrogens is 1.